The highest BCUT2D eigenvalue weighted by molar-refractivity contribution is 5.40. The fourth-order valence-corrected chi connectivity index (χ4v) is 1.95. The van der Waals surface area contributed by atoms with Crippen LogP contribution in [-0.2, 0) is 12.8 Å². The van der Waals surface area contributed by atoms with E-state index < -0.39 is 0 Å². The lowest BCUT2D eigenvalue weighted by molar-refractivity contribution is 0.357. The first kappa shape index (κ1) is 8.53. The van der Waals surface area contributed by atoms with E-state index in [2.05, 4.69) is 28.2 Å². The van der Waals surface area contributed by atoms with Crippen LogP contribution in [0.5, 0.6) is 5.75 Å². The van der Waals surface area contributed by atoms with Crippen molar-refractivity contribution in [3.8, 4) is 5.75 Å². The van der Waals surface area contributed by atoms with Crippen molar-refractivity contribution >= 4 is 0 Å². The van der Waals surface area contributed by atoms with Gasteiger partial charge in [-0.1, -0.05) is 12.1 Å². The molecule has 1 N–H and O–H groups in total. The monoisotopic (exact) mass is 200 g/mol. The first-order valence-electron chi connectivity index (χ1n) is 5.14. The third-order valence-electron chi connectivity index (χ3n) is 2.70. The molecular weight excluding hydrogens is 188 g/mol. The van der Waals surface area contributed by atoms with Crippen LogP contribution >= 0.6 is 0 Å². The fourth-order valence-electron chi connectivity index (χ4n) is 1.95. The molecule has 1 aromatic heterocycles. The molecular formula is C12H12N2O. The van der Waals surface area contributed by atoms with E-state index in [0.717, 1.165) is 30.9 Å². The van der Waals surface area contributed by atoms with Gasteiger partial charge in [0.25, 0.3) is 0 Å². The third kappa shape index (κ3) is 1.61. The highest BCUT2D eigenvalue weighted by Crippen LogP contribution is 2.26. The van der Waals surface area contributed by atoms with E-state index in [0.29, 0.717) is 0 Å². The van der Waals surface area contributed by atoms with Crippen molar-refractivity contribution in [2.45, 2.75) is 12.8 Å². The summed E-state index contributed by atoms with van der Waals surface area (Å²) in [5.41, 5.74) is 3.78. The number of aromatic nitrogens is 2. The van der Waals surface area contributed by atoms with Gasteiger partial charge in [-0.3, -0.25) is 0 Å². The molecule has 0 amide bonds. The molecule has 0 saturated carbocycles. The van der Waals surface area contributed by atoms with Crippen molar-refractivity contribution in [3.63, 3.8) is 0 Å². The molecule has 3 rings (SSSR count). The van der Waals surface area contributed by atoms with Crippen LogP contribution < -0.4 is 4.74 Å². The Bertz CT molecular complexity index is 462. The summed E-state index contributed by atoms with van der Waals surface area (Å²) in [5, 5.41) is 0. The van der Waals surface area contributed by atoms with Gasteiger partial charge in [0.15, 0.2) is 0 Å². The van der Waals surface area contributed by atoms with Gasteiger partial charge in [0.05, 0.1) is 12.9 Å². The Balaban J connectivity index is 1.87. The maximum atomic E-state index is 5.47. The topological polar surface area (TPSA) is 37.9 Å². The Morgan fingerprint density at radius 3 is 3.27 bits per heavy atom. The predicted molar refractivity (Wildman–Crippen MR) is 57.0 cm³/mol. The number of ether oxygens (including phenoxy) is 1. The number of fused-ring (bicyclic) bond motifs is 1. The summed E-state index contributed by atoms with van der Waals surface area (Å²) in [6.45, 7) is 0.822. The minimum absolute atomic E-state index is 0.822. The van der Waals surface area contributed by atoms with E-state index in [1.54, 1.807) is 6.33 Å². The smallest absolute Gasteiger partial charge is 0.122 e. The summed E-state index contributed by atoms with van der Waals surface area (Å²) in [7, 11) is 0. The molecule has 0 radical (unpaired) electrons. The quantitative estimate of drug-likeness (QED) is 0.804. The molecule has 2 heterocycles. The number of aromatic amines is 1. The van der Waals surface area contributed by atoms with Crippen molar-refractivity contribution in [2.24, 2.45) is 0 Å². The molecule has 76 valence electrons. The number of H-pyrrole nitrogens is 1. The maximum absolute atomic E-state index is 5.47. The number of rotatable bonds is 2. The van der Waals surface area contributed by atoms with E-state index >= 15 is 0 Å². The first-order valence-corrected chi connectivity index (χ1v) is 5.14. The van der Waals surface area contributed by atoms with E-state index in [4.69, 9.17) is 4.74 Å². The summed E-state index contributed by atoms with van der Waals surface area (Å²) in [6.07, 6.45) is 5.52. The molecule has 0 atom stereocenters. The van der Waals surface area contributed by atoms with Crippen LogP contribution in [0.1, 0.15) is 16.8 Å². The van der Waals surface area contributed by atoms with Crippen molar-refractivity contribution in [1.82, 2.24) is 9.97 Å². The van der Waals surface area contributed by atoms with Gasteiger partial charge in [-0.2, -0.15) is 0 Å². The lowest BCUT2D eigenvalue weighted by atomic mass is 10.1. The lowest BCUT2D eigenvalue weighted by Crippen LogP contribution is -1.89. The standard InChI is InChI=1S/C12H12N2O/c1-2-12-10(3-4-15-12)5-9(1)6-11-7-13-8-14-11/h1-2,5,7-8H,3-4,6H2,(H,13,14). The third-order valence-corrected chi connectivity index (χ3v) is 2.70. The second kappa shape index (κ2) is 3.42. The highest BCUT2D eigenvalue weighted by Gasteiger charge is 2.11. The lowest BCUT2D eigenvalue weighted by Gasteiger charge is -2.02. The van der Waals surface area contributed by atoms with Gasteiger partial charge in [-0.15, -0.1) is 0 Å². The molecule has 1 aliphatic heterocycles. The summed E-state index contributed by atoms with van der Waals surface area (Å²) in [5.74, 6) is 1.04. The molecule has 0 saturated heterocycles. The SMILES string of the molecule is c1ncc(Cc2ccc3c(c2)CCO3)[nH]1. The minimum atomic E-state index is 0.822. The average molecular weight is 200 g/mol. The Hall–Kier alpha value is -1.77. The van der Waals surface area contributed by atoms with Crippen molar-refractivity contribution < 1.29 is 4.74 Å². The Morgan fingerprint density at radius 1 is 1.40 bits per heavy atom. The van der Waals surface area contributed by atoms with Crippen LogP contribution in [0.3, 0.4) is 0 Å². The van der Waals surface area contributed by atoms with Crippen LogP contribution in [0.2, 0.25) is 0 Å². The Morgan fingerprint density at radius 2 is 2.40 bits per heavy atom. The van der Waals surface area contributed by atoms with E-state index in [-0.39, 0.29) is 0 Å². The highest BCUT2D eigenvalue weighted by atomic mass is 16.5. The molecule has 0 fully saturated rings. The second-order valence-electron chi connectivity index (χ2n) is 3.79. The predicted octanol–water partition coefficient (Wildman–Crippen LogP) is 1.94. The maximum Gasteiger partial charge on any atom is 0.122 e. The molecule has 0 unspecified atom stereocenters. The van der Waals surface area contributed by atoms with Crippen LogP contribution in [0.4, 0.5) is 0 Å². The zero-order valence-electron chi connectivity index (χ0n) is 8.36. The largest absolute Gasteiger partial charge is 0.493 e. The van der Waals surface area contributed by atoms with Crippen LogP contribution in [0, 0.1) is 0 Å². The second-order valence-corrected chi connectivity index (χ2v) is 3.79. The number of hydrogen-bond donors (Lipinski definition) is 1. The molecule has 3 nitrogen and oxygen atoms in total. The molecule has 3 heteroatoms. The molecule has 1 aliphatic rings. The average Bonchev–Trinajstić information content (AvgIpc) is 2.87. The van der Waals surface area contributed by atoms with Crippen LogP contribution in [0.15, 0.2) is 30.7 Å². The number of benzene rings is 1. The molecule has 2 aromatic rings. The zero-order chi connectivity index (χ0) is 10.1. The van der Waals surface area contributed by atoms with Gasteiger partial charge in [-0.05, 0) is 17.2 Å². The van der Waals surface area contributed by atoms with Gasteiger partial charge < -0.3 is 9.72 Å². The van der Waals surface area contributed by atoms with Gasteiger partial charge in [0.2, 0.25) is 0 Å². The molecule has 1 aromatic carbocycles. The number of nitrogens with zero attached hydrogens (tertiary/aromatic N) is 1. The molecule has 0 spiro atoms. The first-order chi connectivity index (χ1) is 7.42. The summed E-state index contributed by atoms with van der Waals surface area (Å²) in [6, 6.07) is 6.40. The van der Waals surface area contributed by atoms with Crippen molar-refractivity contribution in [1.29, 1.82) is 0 Å². The summed E-state index contributed by atoms with van der Waals surface area (Å²) in [4.78, 5) is 7.12. The molecule has 0 bridgehead atoms. The Labute approximate surface area is 88.1 Å². The van der Waals surface area contributed by atoms with Gasteiger partial charge in [0.1, 0.15) is 5.75 Å². The van der Waals surface area contributed by atoms with E-state index in [1.807, 2.05) is 6.20 Å². The van der Waals surface area contributed by atoms with Crippen LogP contribution in [0.25, 0.3) is 0 Å². The van der Waals surface area contributed by atoms with E-state index in [1.165, 1.54) is 11.1 Å². The van der Waals surface area contributed by atoms with Gasteiger partial charge in [-0.25, -0.2) is 4.98 Å². The number of imidazole rings is 1. The molecule has 0 aliphatic carbocycles. The number of nitrogens with one attached hydrogen (secondary N) is 1. The number of hydrogen-bond acceptors (Lipinski definition) is 2. The fraction of sp³-hybridized carbons (Fsp3) is 0.250. The van der Waals surface area contributed by atoms with Gasteiger partial charge in [0, 0.05) is 24.7 Å². The van der Waals surface area contributed by atoms with Crippen LogP contribution in [-0.4, -0.2) is 16.6 Å². The minimum Gasteiger partial charge on any atom is -0.493 e. The van der Waals surface area contributed by atoms with Crippen molar-refractivity contribution in [3.05, 3.63) is 47.5 Å². The normalized spacial score (nSPS) is 13.6. The summed E-state index contributed by atoms with van der Waals surface area (Å²) < 4.78 is 5.47. The van der Waals surface area contributed by atoms with E-state index in [9.17, 15) is 0 Å². The summed E-state index contributed by atoms with van der Waals surface area (Å²) >= 11 is 0. The zero-order valence-corrected chi connectivity index (χ0v) is 8.36. The van der Waals surface area contributed by atoms with Gasteiger partial charge >= 0.3 is 0 Å². The molecule has 15 heavy (non-hydrogen) atoms. The van der Waals surface area contributed by atoms with Crippen molar-refractivity contribution in [2.75, 3.05) is 6.61 Å². The Kier molecular flexibility index (Phi) is 1.95.